The lowest BCUT2D eigenvalue weighted by atomic mass is 9.93. The maximum absolute atomic E-state index is 5.54. The van der Waals surface area contributed by atoms with Gasteiger partial charge in [0.2, 0.25) is 0 Å². The van der Waals surface area contributed by atoms with Crippen LogP contribution in [0.1, 0.15) is 26.5 Å². The highest BCUT2D eigenvalue weighted by Gasteiger charge is 2.22. The van der Waals surface area contributed by atoms with Crippen LogP contribution in [0.15, 0.2) is 36.2 Å². The lowest BCUT2D eigenvalue weighted by molar-refractivity contribution is 0.329. The van der Waals surface area contributed by atoms with Gasteiger partial charge in [-0.1, -0.05) is 25.9 Å². The van der Waals surface area contributed by atoms with Crippen molar-refractivity contribution in [3.63, 3.8) is 0 Å². The minimum atomic E-state index is -0.125. The van der Waals surface area contributed by atoms with Crippen molar-refractivity contribution in [3.05, 3.63) is 28.6 Å². The van der Waals surface area contributed by atoms with E-state index in [2.05, 4.69) is 31.3 Å². The van der Waals surface area contributed by atoms with Gasteiger partial charge in [0, 0.05) is 11.5 Å². The van der Waals surface area contributed by atoms with E-state index < -0.39 is 0 Å². The SMILES string of the molecule is CC(C)(C)c1cc(-c2nnc(-c3ccc(Br)o3)o2)no1. The zero-order valence-corrected chi connectivity index (χ0v) is 12.8. The van der Waals surface area contributed by atoms with Gasteiger partial charge >= 0.3 is 0 Å². The number of furan rings is 1. The number of halogens is 1. The molecule has 3 aromatic rings. The zero-order chi connectivity index (χ0) is 14.3. The van der Waals surface area contributed by atoms with Crippen LogP contribution in [-0.4, -0.2) is 15.4 Å². The van der Waals surface area contributed by atoms with E-state index in [0.717, 1.165) is 5.76 Å². The van der Waals surface area contributed by atoms with E-state index in [4.69, 9.17) is 13.4 Å². The average molecular weight is 338 g/mol. The van der Waals surface area contributed by atoms with Gasteiger partial charge < -0.3 is 13.4 Å². The van der Waals surface area contributed by atoms with Crippen LogP contribution in [0.2, 0.25) is 0 Å². The summed E-state index contributed by atoms with van der Waals surface area (Å²) in [6.45, 7) is 6.12. The normalized spacial score (nSPS) is 12.0. The van der Waals surface area contributed by atoms with E-state index >= 15 is 0 Å². The van der Waals surface area contributed by atoms with Gasteiger partial charge in [0.15, 0.2) is 16.1 Å². The van der Waals surface area contributed by atoms with E-state index in [0.29, 0.717) is 27.9 Å². The second kappa shape index (κ2) is 4.59. The summed E-state index contributed by atoms with van der Waals surface area (Å²) >= 11 is 3.22. The van der Waals surface area contributed by atoms with Crippen LogP contribution >= 0.6 is 15.9 Å². The molecule has 0 N–H and O–H groups in total. The summed E-state index contributed by atoms with van der Waals surface area (Å²) in [6.07, 6.45) is 0. The van der Waals surface area contributed by atoms with E-state index in [-0.39, 0.29) is 5.41 Å². The van der Waals surface area contributed by atoms with Crippen molar-refractivity contribution in [1.82, 2.24) is 15.4 Å². The first-order valence-corrected chi connectivity index (χ1v) is 6.79. The molecule has 0 saturated carbocycles. The molecule has 0 radical (unpaired) electrons. The predicted molar refractivity (Wildman–Crippen MR) is 73.9 cm³/mol. The van der Waals surface area contributed by atoms with Crippen LogP contribution in [0.25, 0.3) is 23.2 Å². The van der Waals surface area contributed by atoms with Crippen LogP contribution in [0, 0.1) is 0 Å². The Balaban J connectivity index is 1.92. The highest BCUT2D eigenvalue weighted by Crippen LogP contribution is 2.29. The summed E-state index contributed by atoms with van der Waals surface area (Å²) < 4.78 is 16.8. The summed E-state index contributed by atoms with van der Waals surface area (Å²) in [7, 11) is 0. The van der Waals surface area contributed by atoms with Crippen LogP contribution in [0.4, 0.5) is 0 Å². The van der Waals surface area contributed by atoms with Crippen molar-refractivity contribution < 1.29 is 13.4 Å². The van der Waals surface area contributed by atoms with Crippen molar-refractivity contribution in [1.29, 1.82) is 0 Å². The van der Waals surface area contributed by atoms with Gasteiger partial charge in [-0.3, -0.25) is 0 Å². The van der Waals surface area contributed by atoms with Crippen LogP contribution < -0.4 is 0 Å². The van der Waals surface area contributed by atoms with Gasteiger partial charge in [-0.25, -0.2) is 0 Å². The zero-order valence-electron chi connectivity index (χ0n) is 11.2. The fourth-order valence-electron chi connectivity index (χ4n) is 1.58. The summed E-state index contributed by atoms with van der Waals surface area (Å²) in [4.78, 5) is 0. The smallest absolute Gasteiger partial charge is 0.284 e. The standard InChI is InChI=1S/C13H12BrN3O3/c1-13(2,3)9-6-7(17-20-9)11-15-16-12(19-11)8-4-5-10(14)18-8/h4-6H,1-3H3. The van der Waals surface area contributed by atoms with Gasteiger partial charge in [0.1, 0.15) is 5.76 Å². The molecule has 7 heteroatoms. The molecule has 0 amide bonds. The maximum atomic E-state index is 5.54. The fourth-order valence-corrected chi connectivity index (χ4v) is 1.89. The number of nitrogens with zero attached hydrogens (tertiary/aromatic N) is 3. The summed E-state index contributed by atoms with van der Waals surface area (Å²) in [6, 6.07) is 5.30. The molecule has 0 aromatic carbocycles. The third-order valence-corrected chi connectivity index (χ3v) is 3.10. The molecule has 20 heavy (non-hydrogen) atoms. The van der Waals surface area contributed by atoms with E-state index in [1.807, 2.05) is 20.8 Å². The second-order valence-corrected chi connectivity index (χ2v) is 6.12. The van der Waals surface area contributed by atoms with Crippen LogP contribution in [0.5, 0.6) is 0 Å². The molecule has 0 aliphatic rings. The molecule has 0 aliphatic heterocycles. The monoisotopic (exact) mass is 337 g/mol. The van der Waals surface area contributed by atoms with Crippen LogP contribution in [-0.2, 0) is 5.41 Å². The second-order valence-electron chi connectivity index (χ2n) is 5.34. The molecular weight excluding hydrogens is 326 g/mol. The van der Waals surface area contributed by atoms with Gasteiger partial charge in [-0.15, -0.1) is 10.2 Å². The van der Waals surface area contributed by atoms with Crippen LogP contribution in [0.3, 0.4) is 0 Å². The molecule has 3 aromatic heterocycles. The number of aromatic nitrogens is 3. The predicted octanol–water partition coefficient (Wildman–Crippen LogP) is 4.04. The summed E-state index contributed by atoms with van der Waals surface area (Å²) in [5.74, 6) is 1.85. The number of hydrogen-bond donors (Lipinski definition) is 0. The minimum Gasteiger partial charge on any atom is -0.444 e. The van der Waals surface area contributed by atoms with E-state index in [1.165, 1.54) is 0 Å². The first-order valence-electron chi connectivity index (χ1n) is 6.00. The Bertz CT molecular complexity index is 736. The van der Waals surface area contributed by atoms with Gasteiger partial charge in [-0.2, -0.15) is 0 Å². The van der Waals surface area contributed by atoms with Crippen molar-refractivity contribution >= 4 is 15.9 Å². The molecule has 0 atom stereocenters. The molecule has 3 heterocycles. The third kappa shape index (κ3) is 2.40. The molecule has 0 fully saturated rings. The summed E-state index contributed by atoms with van der Waals surface area (Å²) in [5, 5.41) is 11.8. The fraction of sp³-hybridized carbons (Fsp3) is 0.308. The largest absolute Gasteiger partial charge is 0.444 e. The van der Waals surface area contributed by atoms with Gasteiger partial charge in [0.25, 0.3) is 11.8 Å². The Morgan fingerprint density at radius 1 is 1.05 bits per heavy atom. The lowest BCUT2D eigenvalue weighted by Gasteiger charge is -2.11. The average Bonchev–Trinajstić information content (AvgIpc) is 3.06. The lowest BCUT2D eigenvalue weighted by Crippen LogP contribution is -2.09. The van der Waals surface area contributed by atoms with Crippen molar-refractivity contribution in [2.75, 3.05) is 0 Å². The molecular formula is C13H12BrN3O3. The molecule has 0 aliphatic carbocycles. The molecule has 0 saturated heterocycles. The minimum absolute atomic E-state index is 0.125. The Morgan fingerprint density at radius 3 is 2.40 bits per heavy atom. The molecule has 6 nitrogen and oxygen atoms in total. The highest BCUT2D eigenvalue weighted by molar-refractivity contribution is 9.10. The van der Waals surface area contributed by atoms with Crippen molar-refractivity contribution in [2.24, 2.45) is 0 Å². The number of hydrogen-bond acceptors (Lipinski definition) is 6. The third-order valence-electron chi connectivity index (χ3n) is 2.68. The Kier molecular flexibility index (Phi) is 3.01. The van der Waals surface area contributed by atoms with Gasteiger partial charge in [0.05, 0.1) is 0 Å². The highest BCUT2D eigenvalue weighted by atomic mass is 79.9. The summed E-state index contributed by atoms with van der Waals surface area (Å²) in [5.41, 5.74) is 0.388. The van der Waals surface area contributed by atoms with Crippen molar-refractivity contribution in [3.8, 4) is 23.2 Å². The van der Waals surface area contributed by atoms with Gasteiger partial charge in [-0.05, 0) is 28.1 Å². The Labute approximate surface area is 123 Å². The molecule has 0 spiro atoms. The Morgan fingerprint density at radius 2 is 1.80 bits per heavy atom. The quantitative estimate of drug-likeness (QED) is 0.702. The first kappa shape index (κ1) is 13.1. The molecule has 3 rings (SSSR count). The van der Waals surface area contributed by atoms with E-state index in [9.17, 15) is 0 Å². The maximum Gasteiger partial charge on any atom is 0.284 e. The van der Waals surface area contributed by atoms with E-state index in [1.54, 1.807) is 18.2 Å². The van der Waals surface area contributed by atoms with Crippen molar-refractivity contribution in [2.45, 2.75) is 26.2 Å². The molecule has 0 unspecified atom stereocenters. The number of rotatable bonds is 2. The Hall–Kier alpha value is -1.89. The molecule has 104 valence electrons. The topological polar surface area (TPSA) is 78.1 Å². The molecule has 0 bridgehead atoms. The first-order chi connectivity index (χ1) is 9.43.